The maximum atomic E-state index is 13.5. The van der Waals surface area contributed by atoms with Crippen molar-refractivity contribution in [1.82, 2.24) is 24.9 Å². The molecule has 0 aliphatic rings. The van der Waals surface area contributed by atoms with Crippen LogP contribution in [0, 0.1) is 11.6 Å². The van der Waals surface area contributed by atoms with Gasteiger partial charge in [0.2, 0.25) is 5.88 Å². The number of H-pyrrole nitrogens is 1. The smallest absolute Gasteiger partial charge is 0.216 e. The molecule has 0 atom stereocenters. The Bertz CT molecular complexity index is 1110. The first-order valence-electron chi connectivity index (χ1n) is 8.72. The Hall–Kier alpha value is -3.42. The first-order valence-corrected chi connectivity index (χ1v) is 8.72. The number of nitrogens with one attached hydrogen (secondary N) is 1. The quantitative estimate of drug-likeness (QED) is 0.554. The van der Waals surface area contributed by atoms with Crippen LogP contribution in [0.2, 0.25) is 0 Å². The zero-order chi connectivity index (χ0) is 19.5. The molecular weight excluding hydrogens is 364 g/mol. The van der Waals surface area contributed by atoms with Gasteiger partial charge in [0.1, 0.15) is 23.1 Å². The fourth-order valence-corrected chi connectivity index (χ4v) is 3.08. The Morgan fingerprint density at radius 2 is 1.64 bits per heavy atom. The number of halogens is 2. The van der Waals surface area contributed by atoms with Gasteiger partial charge in [-0.05, 0) is 29.7 Å². The molecule has 4 aromatic heterocycles. The van der Waals surface area contributed by atoms with E-state index in [4.69, 9.17) is 4.74 Å². The number of hydrogen-bond acceptors (Lipinski definition) is 5. The molecule has 0 saturated carbocycles. The van der Waals surface area contributed by atoms with E-state index in [2.05, 4.69) is 24.9 Å². The van der Waals surface area contributed by atoms with E-state index in [9.17, 15) is 8.78 Å². The van der Waals surface area contributed by atoms with Crippen molar-refractivity contribution in [2.45, 2.75) is 19.3 Å². The number of methoxy groups -OCH3 is 1. The van der Waals surface area contributed by atoms with E-state index in [1.165, 1.54) is 25.4 Å². The Labute approximate surface area is 159 Å². The second-order valence-electron chi connectivity index (χ2n) is 6.37. The number of aromatic amines is 1. The highest BCUT2D eigenvalue weighted by Gasteiger charge is 2.10. The standard InChI is InChI=1S/C20H17F2N5O/c1-28-20-13(5-15(21)11-27-20)2-3-18-23-7-12(8-24-18)4-14-9-25-19-17(14)6-16(22)10-26-19/h5-11H,2-4H2,1H3,(H,25,26). The number of nitrogens with zero attached hydrogens (tertiary/aromatic N) is 4. The van der Waals surface area contributed by atoms with Crippen LogP contribution in [0.1, 0.15) is 22.5 Å². The number of pyridine rings is 2. The van der Waals surface area contributed by atoms with E-state index in [0.29, 0.717) is 42.2 Å². The second kappa shape index (κ2) is 7.67. The highest BCUT2D eigenvalue weighted by atomic mass is 19.1. The zero-order valence-corrected chi connectivity index (χ0v) is 15.1. The van der Waals surface area contributed by atoms with Crippen LogP contribution in [0.3, 0.4) is 0 Å². The molecule has 28 heavy (non-hydrogen) atoms. The normalized spacial score (nSPS) is 11.1. The van der Waals surface area contributed by atoms with Gasteiger partial charge < -0.3 is 9.72 Å². The summed E-state index contributed by atoms with van der Waals surface area (Å²) in [4.78, 5) is 19.8. The lowest BCUT2D eigenvalue weighted by Crippen LogP contribution is -2.02. The summed E-state index contributed by atoms with van der Waals surface area (Å²) in [6, 6.07) is 2.87. The third kappa shape index (κ3) is 3.80. The lowest BCUT2D eigenvalue weighted by molar-refractivity contribution is 0.390. The van der Waals surface area contributed by atoms with Crippen LogP contribution in [0.5, 0.6) is 5.88 Å². The number of aromatic nitrogens is 5. The van der Waals surface area contributed by atoms with Crippen molar-refractivity contribution < 1.29 is 13.5 Å². The number of aryl methyl sites for hydroxylation is 2. The van der Waals surface area contributed by atoms with Gasteiger partial charge in [0.15, 0.2) is 0 Å². The summed E-state index contributed by atoms with van der Waals surface area (Å²) in [7, 11) is 1.50. The van der Waals surface area contributed by atoms with Crippen LogP contribution < -0.4 is 4.74 Å². The lowest BCUT2D eigenvalue weighted by atomic mass is 10.1. The van der Waals surface area contributed by atoms with Gasteiger partial charge in [0.25, 0.3) is 0 Å². The van der Waals surface area contributed by atoms with E-state index >= 15 is 0 Å². The van der Waals surface area contributed by atoms with Crippen molar-refractivity contribution in [3.63, 3.8) is 0 Å². The maximum absolute atomic E-state index is 13.5. The third-order valence-corrected chi connectivity index (χ3v) is 4.44. The van der Waals surface area contributed by atoms with Crippen LogP contribution in [0.15, 0.2) is 43.1 Å². The van der Waals surface area contributed by atoms with Crippen molar-refractivity contribution in [1.29, 1.82) is 0 Å². The first-order chi connectivity index (χ1) is 13.6. The molecule has 0 aliphatic heterocycles. The predicted molar refractivity (Wildman–Crippen MR) is 99.0 cm³/mol. The Morgan fingerprint density at radius 3 is 2.43 bits per heavy atom. The summed E-state index contributed by atoms with van der Waals surface area (Å²) in [5, 5.41) is 0.745. The number of fused-ring (bicyclic) bond motifs is 1. The summed E-state index contributed by atoms with van der Waals surface area (Å²) in [5.74, 6) is 0.263. The SMILES string of the molecule is COc1ncc(F)cc1CCc1ncc(Cc2c[nH]c3ncc(F)cc23)cn1. The molecule has 0 radical (unpaired) electrons. The first kappa shape index (κ1) is 18.0. The third-order valence-electron chi connectivity index (χ3n) is 4.44. The van der Waals surface area contributed by atoms with Crippen LogP contribution in [0.25, 0.3) is 11.0 Å². The van der Waals surface area contributed by atoms with Crippen molar-refractivity contribution in [2.24, 2.45) is 0 Å². The molecule has 0 amide bonds. The summed E-state index contributed by atoms with van der Waals surface area (Å²) in [6.45, 7) is 0. The Balaban J connectivity index is 1.45. The highest BCUT2D eigenvalue weighted by molar-refractivity contribution is 5.79. The molecule has 0 unspecified atom stereocenters. The number of hydrogen-bond donors (Lipinski definition) is 1. The fourth-order valence-electron chi connectivity index (χ4n) is 3.08. The van der Waals surface area contributed by atoms with E-state index in [0.717, 1.165) is 22.7 Å². The Morgan fingerprint density at radius 1 is 0.893 bits per heavy atom. The Kier molecular flexibility index (Phi) is 4.92. The summed E-state index contributed by atoms with van der Waals surface area (Å²) < 4.78 is 32.0. The largest absolute Gasteiger partial charge is 0.481 e. The van der Waals surface area contributed by atoms with Gasteiger partial charge in [-0.15, -0.1) is 0 Å². The average molecular weight is 381 g/mol. The van der Waals surface area contributed by atoms with Crippen molar-refractivity contribution in [3.8, 4) is 5.88 Å². The molecule has 8 heteroatoms. The van der Waals surface area contributed by atoms with Gasteiger partial charge in [-0.1, -0.05) is 0 Å². The summed E-state index contributed by atoms with van der Waals surface area (Å²) in [6.07, 6.45) is 9.22. The maximum Gasteiger partial charge on any atom is 0.216 e. The average Bonchev–Trinajstić information content (AvgIpc) is 3.09. The highest BCUT2D eigenvalue weighted by Crippen LogP contribution is 2.20. The van der Waals surface area contributed by atoms with Crippen molar-refractivity contribution >= 4 is 11.0 Å². The van der Waals surface area contributed by atoms with Gasteiger partial charge in [0, 0.05) is 42.4 Å². The van der Waals surface area contributed by atoms with Gasteiger partial charge in [-0.3, -0.25) is 0 Å². The van der Waals surface area contributed by atoms with Gasteiger partial charge >= 0.3 is 0 Å². The van der Waals surface area contributed by atoms with E-state index in [-0.39, 0.29) is 5.82 Å². The number of rotatable bonds is 6. The van der Waals surface area contributed by atoms with Crippen LogP contribution in [0.4, 0.5) is 8.78 Å². The second-order valence-corrected chi connectivity index (χ2v) is 6.37. The molecule has 4 rings (SSSR count). The molecule has 0 bridgehead atoms. The summed E-state index contributed by atoms with van der Waals surface area (Å²) in [5.41, 5.74) is 3.14. The topological polar surface area (TPSA) is 76.6 Å². The summed E-state index contributed by atoms with van der Waals surface area (Å²) >= 11 is 0. The lowest BCUT2D eigenvalue weighted by Gasteiger charge is -2.07. The molecule has 0 fully saturated rings. The predicted octanol–water partition coefficient (Wildman–Crippen LogP) is 3.41. The molecule has 142 valence electrons. The molecule has 0 aromatic carbocycles. The minimum Gasteiger partial charge on any atom is -0.481 e. The molecule has 6 nitrogen and oxygen atoms in total. The van der Waals surface area contributed by atoms with Gasteiger partial charge in [0.05, 0.1) is 19.5 Å². The van der Waals surface area contributed by atoms with Gasteiger partial charge in [-0.25, -0.2) is 28.7 Å². The molecule has 4 aromatic rings. The van der Waals surface area contributed by atoms with Crippen molar-refractivity contribution in [2.75, 3.05) is 7.11 Å². The van der Waals surface area contributed by atoms with E-state index in [1.807, 2.05) is 6.20 Å². The molecule has 0 spiro atoms. The molecule has 4 heterocycles. The molecule has 0 aliphatic carbocycles. The van der Waals surface area contributed by atoms with Crippen LogP contribution >= 0.6 is 0 Å². The van der Waals surface area contributed by atoms with Gasteiger partial charge in [-0.2, -0.15) is 0 Å². The van der Waals surface area contributed by atoms with Crippen LogP contribution in [-0.2, 0) is 19.3 Å². The van der Waals surface area contributed by atoms with Crippen LogP contribution in [-0.4, -0.2) is 32.0 Å². The fraction of sp³-hybridized carbons (Fsp3) is 0.200. The van der Waals surface area contributed by atoms with E-state index in [1.54, 1.807) is 12.4 Å². The monoisotopic (exact) mass is 381 g/mol. The minimum atomic E-state index is -0.406. The van der Waals surface area contributed by atoms with Crippen molar-refractivity contribution in [3.05, 3.63) is 77.3 Å². The minimum absolute atomic E-state index is 0.373. The number of ether oxygens (including phenoxy) is 1. The van der Waals surface area contributed by atoms with E-state index < -0.39 is 5.82 Å². The zero-order valence-electron chi connectivity index (χ0n) is 15.1. The molecule has 0 saturated heterocycles. The molecule has 1 N–H and O–H groups in total. The molecular formula is C20H17F2N5O.